The van der Waals surface area contributed by atoms with Crippen molar-refractivity contribution in [3.8, 4) is 0 Å². The summed E-state index contributed by atoms with van der Waals surface area (Å²) in [6.07, 6.45) is 4.40. The van der Waals surface area contributed by atoms with Gasteiger partial charge in [-0.15, -0.1) is 11.8 Å². The molecule has 1 nitrogen and oxygen atoms in total. The van der Waals surface area contributed by atoms with Crippen LogP contribution in [-0.2, 0) is 6.42 Å². The first-order chi connectivity index (χ1) is 5.77. The fraction of sp³-hybridized carbons (Fsp3) is 0.400. The molecular weight excluding hydrogens is 166 g/mol. The monoisotopic (exact) mass is 181 g/mol. The first kappa shape index (κ1) is 9.46. The van der Waals surface area contributed by atoms with Crippen LogP contribution in [0.4, 0.5) is 5.69 Å². The summed E-state index contributed by atoms with van der Waals surface area (Å²) in [7, 11) is 0. The summed E-state index contributed by atoms with van der Waals surface area (Å²) in [5, 5.41) is 0. The van der Waals surface area contributed by atoms with E-state index in [0.717, 1.165) is 12.1 Å². The Bertz CT molecular complexity index is 258. The largest absolute Gasteiger partial charge is 0.398 e. The summed E-state index contributed by atoms with van der Waals surface area (Å²) in [6.45, 7) is 2.19. The third kappa shape index (κ3) is 2.18. The van der Waals surface area contributed by atoms with Crippen LogP contribution >= 0.6 is 11.8 Å². The molecule has 1 aromatic carbocycles. The summed E-state index contributed by atoms with van der Waals surface area (Å²) in [5.41, 5.74) is 8.05. The van der Waals surface area contributed by atoms with Gasteiger partial charge in [-0.25, -0.2) is 0 Å². The zero-order valence-electron chi connectivity index (χ0n) is 7.63. The van der Waals surface area contributed by atoms with Crippen molar-refractivity contribution in [3.05, 3.63) is 23.8 Å². The van der Waals surface area contributed by atoms with Gasteiger partial charge in [-0.05, 0) is 30.4 Å². The Morgan fingerprint density at radius 1 is 1.42 bits per heavy atom. The zero-order chi connectivity index (χ0) is 8.97. The number of hydrogen-bond acceptors (Lipinski definition) is 2. The zero-order valence-corrected chi connectivity index (χ0v) is 8.45. The smallest absolute Gasteiger partial charge is 0.0452 e. The Labute approximate surface area is 78.4 Å². The van der Waals surface area contributed by atoms with Crippen molar-refractivity contribution >= 4 is 17.4 Å². The fourth-order valence-electron chi connectivity index (χ4n) is 1.20. The molecule has 0 aliphatic rings. The number of nitrogens with two attached hydrogens (primary N) is 1. The molecule has 0 amide bonds. The number of nitrogen functional groups attached to an aromatic ring is 1. The molecule has 0 aromatic heterocycles. The Kier molecular flexibility index (Phi) is 3.48. The predicted molar refractivity (Wildman–Crippen MR) is 56.6 cm³/mol. The highest BCUT2D eigenvalue weighted by Gasteiger charge is 1.98. The van der Waals surface area contributed by atoms with Crippen LogP contribution in [-0.4, -0.2) is 6.26 Å². The van der Waals surface area contributed by atoms with E-state index in [1.54, 1.807) is 11.8 Å². The summed E-state index contributed by atoms with van der Waals surface area (Å²) in [5.74, 6) is 0. The van der Waals surface area contributed by atoms with Crippen LogP contribution in [0.25, 0.3) is 0 Å². The quantitative estimate of drug-likeness (QED) is 0.573. The standard InChI is InChI=1S/C10H15NS/c1-3-4-8-5-6-9(11)10(7-8)12-2/h5-7H,3-4,11H2,1-2H3. The molecule has 0 aliphatic heterocycles. The maximum absolute atomic E-state index is 5.78. The second-order valence-corrected chi connectivity index (χ2v) is 3.67. The molecule has 0 spiro atoms. The van der Waals surface area contributed by atoms with Crippen molar-refractivity contribution in [2.45, 2.75) is 24.7 Å². The highest BCUT2D eigenvalue weighted by molar-refractivity contribution is 7.98. The summed E-state index contributed by atoms with van der Waals surface area (Å²) in [6, 6.07) is 6.29. The van der Waals surface area contributed by atoms with E-state index in [4.69, 9.17) is 5.73 Å². The number of thioether (sulfide) groups is 1. The van der Waals surface area contributed by atoms with Crippen LogP contribution < -0.4 is 5.73 Å². The normalized spacial score (nSPS) is 10.2. The van der Waals surface area contributed by atoms with E-state index in [2.05, 4.69) is 25.3 Å². The molecule has 1 rings (SSSR count). The fourth-order valence-corrected chi connectivity index (χ4v) is 1.77. The maximum Gasteiger partial charge on any atom is 0.0452 e. The van der Waals surface area contributed by atoms with Crippen LogP contribution in [0.5, 0.6) is 0 Å². The molecule has 0 aliphatic carbocycles. The lowest BCUT2D eigenvalue weighted by atomic mass is 10.1. The van der Waals surface area contributed by atoms with Crippen LogP contribution in [0.1, 0.15) is 18.9 Å². The number of rotatable bonds is 3. The minimum atomic E-state index is 0.891. The second-order valence-electron chi connectivity index (χ2n) is 2.83. The van der Waals surface area contributed by atoms with E-state index >= 15 is 0 Å². The van der Waals surface area contributed by atoms with Gasteiger partial charge < -0.3 is 5.73 Å². The van der Waals surface area contributed by atoms with Gasteiger partial charge in [0, 0.05) is 10.6 Å². The summed E-state index contributed by atoms with van der Waals surface area (Å²) >= 11 is 1.71. The highest BCUT2D eigenvalue weighted by atomic mass is 32.2. The first-order valence-electron chi connectivity index (χ1n) is 4.20. The molecule has 0 saturated carbocycles. The summed E-state index contributed by atoms with van der Waals surface area (Å²) in [4.78, 5) is 1.20. The van der Waals surface area contributed by atoms with Gasteiger partial charge in [-0.2, -0.15) is 0 Å². The van der Waals surface area contributed by atoms with E-state index in [1.165, 1.54) is 16.9 Å². The minimum Gasteiger partial charge on any atom is -0.398 e. The molecule has 0 radical (unpaired) electrons. The lowest BCUT2D eigenvalue weighted by Gasteiger charge is -2.04. The van der Waals surface area contributed by atoms with Gasteiger partial charge in [-0.1, -0.05) is 19.4 Å². The van der Waals surface area contributed by atoms with Gasteiger partial charge >= 0.3 is 0 Å². The lowest BCUT2D eigenvalue weighted by Crippen LogP contribution is -1.90. The van der Waals surface area contributed by atoms with Crippen LogP contribution in [0.15, 0.2) is 23.1 Å². The molecule has 0 bridgehead atoms. The van der Waals surface area contributed by atoms with Crippen LogP contribution in [0.3, 0.4) is 0 Å². The topological polar surface area (TPSA) is 26.0 Å². The molecule has 1 aromatic rings. The second kappa shape index (κ2) is 4.41. The van der Waals surface area contributed by atoms with E-state index < -0.39 is 0 Å². The van der Waals surface area contributed by atoms with E-state index in [1.807, 2.05) is 6.07 Å². The highest BCUT2D eigenvalue weighted by Crippen LogP contribution is 2.24. The average Bonchev–Trinajstić information content (AvgIpc) is 2.09. The van der Waals surface area contributed by atoms with Crippen molar-refractivity contribution in [3.63, 3.8) is 0 Å². The van der Waals surface area contributed by atoms with Gasteiger partial charge in [0.05, 0.1) is 0 Å². The van der Waals surface area contributed by atoms with E-state index in [0.29, 0.717) is 0 Å². The van der Waals surface area contributed by atoms with Gasteiger partial charge in [0.1, 0.15) is 0 Å². The Balaban J connectivity index is 2.89. The number of aryl methyl sites for hydroxylation is 1. The number of hydrogen-bond donors (Lipinski definition) is 1. The van der Waals surface area contributed by atoms with Crippen molar-refractivity contribution < 1.29 is 0 Å². The Morgan fingerprint density at radius 2 is 2.17 bits per heavy atom. The Hall–Kier alpha value is -0.630. The van der Waals surface area contributed by atoms with Crippen molar-refractivity contribution in [1.29, 1.82) is 0 Å². The molecule has 0 atom stereocenters. The molecule has 66 valence electrons. The van der Waals surface area contributed by atoms with Gasteiger partial charge in [-0.3, -0.25) is 0 Å². The van der Waals surface area contributed by atoms with Gasteiger partial charge in [0.2, 0.25) is 0 Å². The molecule has 2 heteroatoms. The molecule has 0 heterocycles. The van der Waals surface area contributed by atoms with E-state index in [-0.39, 0.29) is 0 Å². The SMILES string of the molecule is CCCc1ccc(N)c(SC)c1. The van der Waals surface area contributed by atoms with Crippen LogP contribution in [0, 0.1) is 0 Å². The maximum atomic E-state index is 5.78. The molecular formula is C10H15NS. The van der Waals surface area contributed by atoms with E-state index in [9.17, 15) is 0 Å². The van der Waals surface area contributed by atoms with Crippen molar-refractivity contribution in [2.24, 2.45) is 0 Å². The molecule has 0 unspecified atom stereocenters. The first-order valence-corrected chi connectivity index (χ1v) is 5.42. The van der Waals surface area contributed by atoms with Gasteiger partial charge in [0.15, 0.2) is 0 Å². The third-order valence-electron chi connectivity index (χ3n) is 1.84. The minimum absolute atomic E-state index is 0.891. The number of benzene rings is 1. The summed E-state index contributed by atoms with van der Waals surface area (Å²) < 4.78 is 0. The number of anilines is 1. The van der Waals surface area contributed by atoms with Crippen LogP contribution in [0.2, 0.25) is 0 Å². The lowest BCUT2D eigenvalue weighted by molar-refractivity contribution is 0.918. The van der Waals surface area contributed by atoms with Crippen molar-refractivity contribution in [1.82, 2.24) is 0 Å². The molecule has 0 fully saturated rings. The predicted octanol–water partition coefficient (Wildman–Crippen LogP) is 2.94. The third-order valence-corrected chi connectivity index (χ3v) is 2.63. The molecule has 2 N–H and O–H groups in total. The molecule has 0 saturated heterocycles. The Morgan fingerprint density at radius 3 is 2.75 bits per heavy atom. The molecule has 12 heavy (non-hydrogen) atoms. The van der Waals surface area contributed by atoms with Gasteiger partial charge in [0.25, 0.3) is 0 Å². The van der Waals surface area contributed by atoms with Crippen molar-refractivity contribution in [2.75, 3.05) is 12.0 Å². The average molecular weight is 181 g/mol.